The van der Waals surface area contributed by atoms with Crippen LogP contribution in [0.1, 0.15) is 46.6 Å². The van der Waals surface area contributed by atoms with Gasteiger partial charge in [0.1, 0.15) is 11.6 Å². The largest absolute Gasteiger partial charge is 0.466 e. The Balaban J connectivity index is 2.98. The van der Waals surface area contributed by atoms with Gasteiger partial charge in [-0.1, -0.05) is 50.3 Å². The highest BCUT2D eigenvalue weighted by Crippen LogP contribution is 2.11. The number of rotatable bonds is 9. The smallest absolute Gasteiger partial charge is 0.408 e. The van der Waals surface area contributed by atoms with Gasteiger partial charge < -0.3 is 20.1 Å². The Bertz CT molecular complexity index is 723. The van der Waals surface area contributed by atoms with Crippen LogP contribution in [0.2, 0.25) is 0 Å². The molecule has 7 heteroatoms. The maximum atomic E-state index is 13.0. The summed E-state index contributed by atoms with van der Waals surface area (Å²) < 4.78 is 9.94. The molecule has 0 radical (unpaired) electrons. The first-order valence-electron chi connectivity index (χ1n) is 10.1. The zero-order valence-corrected chi connectivity index (χ0v) is 18.7. The van der Waals surface area contributed by atoms with Crippen LogP contribution in [-0.4, -0.2) is 42.8 Å². The average Bonchev–Trinajstić information content (AvgIpc) is 2.64. The first-order valence-corrected chi connectivity index (χ1v) is 10.1. The molecule has 30 heavy (non-hydrogen) atoms. The fourth-order valence-electron chi connectivity index (χ4n) is 2.75. The second-order valence-electron chi connectivity index (χ2n) is 8.52. The molecule has 0 fully saturated rings. The van der Waals surface area contributed by atoms with Crippen LogP contribution < -0.4 is 10.6 Å². The second-order valence-corrected chi connectivity index (χ2v) is 8.52. The monoisotopic (exact) mass is 418 g/mol. The molecule has 0 saturated carbocycles. The molecule has 0 aliphatic carbocycles. The number of benzene rings is 1. The summed E-state index contributed by atoms with van der Waals surface area (Å²) in [5.41, 5.74) is 0.223. The van der Waals surface area contributed by atoms with Gasteiger partial charge >= 0.3 is 12.1 Å². The summed E-state index contributed by atoms with van der Waals surface area (Å²) in [5.74, 6) is -0.570. The van der Waals surface area contributed by atoms with Gasteiger partial charge in [0.25, 0.3) is 0 Å². The van der Waals surface area contributed by atoms with E-state index >= 15 is 0 Å². The first kappa shape index (κ1) is 25.2. The standard InChI is InChI=1S/C23H34N2O5/c1-16(2)14-18(12-13-20(26)29-6)24-21(27)19(15-17-10-8-7-9-11-17)25-22(28)30-23(3,4)5/h7-13,16,18-19H,14-15H2,1-6H3,(H,24,27)(H,25,28)/b13-12+/t18-,19+/m1/s1. The number of amides is 2. The Kier molecular flexibility index (Phi) is 10.1. The molecule has 1 aromatic carbocycles. The van der Waals surface area contributed by atoms with E-state index in [1.165, 1.54) is 13.2 Å². The Morgan fingerprint density at radius 3 is 2.23 bits per heavy atom. The maximum absolute atomic E-state index is 13.0. The van der Waals surface area contributed by atoms with Crippen molar-refractivity contribution < 1.29 is 23.9 Å². The van der Waals surface area contributed by atoms with Crippen LogP contribution in [0, 0.1) is 5.92 Å². The summed E-state index contributed by atoms with van der Waals surface area (Å²) >= 11 is 0. The SMILES string of the molecule is COC(=O)/C=C/[C@H](CC(C)C)NC(=O)[C@H](Cc1ccccc1)NC(=O)OC(C)(C)C. The topological polar surface area (TPSA) is 93.7 Å². The van der Waals surface area contributed by atoms with E-state index in [2.05, 4.69) is 15.4 Å². The lowest BCUT2D eigenvalue weighted by Crippen LogP contribution is -2.51. The van der Waals surface area contributed by atoms with Gasteiger partial charge in [-0.05, 0) is 38.7 Å². The Morgan fingerprint density at radius 1 is 1.07 bits per heavy atom. The molecule has 0 aliphatic rings. The lowest BCUT2D eigenvalue weighted by Gasteiger charge is -2.25. The second kappa shape index (κ2) is 12.0. The van der Waals surface area contributed by atoms with E-state index in [4.69, 9.17) is 4.74 Å². The fourth-order valence-corrected chi connectivity index (χ4v) is 2.75. The molecule has 166 valence electrons. The van der Waals surface area contributed by atoms with Crippen molar-refractivity contribution in [3.05, 3.63) is 48.0 Å². The van der Waals surface area contributed by atoms with Crippen LogP contribution in [0.15, 0.2) is 42.5 Å². The van der Waals surface area contributed by atoms with Crippen LogP contribution in [0.3, 0.4) is 0 Å². The number of alkyl carbamates (subject to hydrolysis) is 1. The molecule has 2 amide bonds. The van der Waals surface area contributed by atoms with E-state index in [-0.39, 0.29) is 17.9 Å². The Labute approximate surface area is 179 Å². The van der Waals surface area contributed by atoms with Crippen LogP contribution in [0.25, 0.3) is 0 Å². The first-order chi connectivity index (χ1) is 14.0. The highest BCUT2D eigenvalue weighted by molar-refractivity contribution is 5.87. The van der Waals surface area contributed by atoms with Crippen molar-refractivity contribution in [2.24, 2.45) is 5.92 Å². The van der Waals surface area contributed by atoms with Gasteiger partial charge in [0.2, 0.25) is 5.91 Å². The van der Waals surface area contributed by atoms with Gasteiger partial charge in [-0.15, -0.1) is 0 Å². The van der Waals surface area contributed by atoms with Crippen molar-refractivity contribution in [1.29, 1.82) is 0 Å². The van der Waals surface area contributed by atoms with Crippen LogP contribution in [-0.2, 0) is 25.5 Å². The number of ether oxygens (including phenoxy) is 2. The molecule has 0 unspecified atom stereocenters. The molecule has 0 aliphatic heterocycles. The van der Waals surface area contributed by atoms with Gasteiger partial charge in [0, 0.05) is 18.5 Å². The molecule has 0 bridgehead atoms. The van der Waals surface area contributed by atoms with Crippen LogP contribution >= 0.6 is 0 Å². The molecular formula is C23H34N2O5. The minimum Gasteiger partial charge on any atom is -0.466 e. The molecule has 7 nitrogen and oxygen atoms in total. The van der Waals surface area contributed by atoms with Gasteiger partial charge in [-0.2, -0.15) is 0 Å². The van der Waals surface area contributed by atoms with Crippen molar-refractivity contribution in [2.45, 2.75) is 65.1 Å². The molecular weight excluding hydrogens is 384 g/mol. The summed E-state index contributed by atoms with van der Waals surface area (Å²) in [4.78, 5) is 36.8. The van der Waals surface area contributed by atoms with E-state index in [9.17, 15) is 14.4 Å². The summed E-state index contributed by atoms with van der Waals surface area (Å²) in [6.45, 7) is 9.32. The normalized spacial score (nSPS) is 13.6. The number of esters is 1. The lowest BCUT2D eigenvalue weighted by atomic mass is 10.0. The molecule has 0 spiro atoms. The summed E-state index contributed by atoms with van der Waals surface area (Å²) in [6, 6.07) is 8.20. The van der Waals surface area contributed by atoms with E-state index < -0.39 is 23.7 Å². The molecule has 1 rings (SSSR count). The molecule has 2 N–H and O–H groups in total. The van der Waals surface area contributed by atoms with Gasteiger partial charge in [-0.25, -0.2) is 9.59 Å². The van der Waals surface area contributed by atoms with Gasteiger partial charge in [-0.3, -0.25) is 4.79 Å². The van der Waals surface area contributed by atoms with E-state index in [1.807, 2.05) is 44.2 Å². The summed E-state index contributed by atoms with van der Waals surface area (Å²) in [6.07, 6.45) is 3.17. The van der Waals surface area contributed by atoms with Crippen LogP contribution in [0.5, 0.6) is 0 Å². The summed E-state index contributed by atoms with van der Waals surface area (Å²) in [5, 5.41) is 5.58. The predicted octanol–water partition coefficient (Wildman–Crippen LogP) is 3.38. The number of hydrogen-bond acceptors (Lipinski definition) is 5. The van der Waals surface area contributed by atoms with Crippen molar-refractivity contribution in [1.82, 2.24) is 10.6 Å². The minimum atomic E-state index is -0.830. The highest BCUT2D eigenvalue weighted by Gasteiger charge is 2.26. The molecule has 1 aromatic rings. The number of nitrogens with one attached hydrogen (secondary N) is 2. The van der Waals surface area contributed by atoms with Crippen LogP contribution in [0.4, 0.5) is 4.79 Å². The summed E-state index contributed by atoms with van der Waals surface area (Å²) in [7, 11) is 1.29. The quantitative estimate of drug-likeness (QED) is 0.474. The van der Waals surface area contributed by atoms with Crippen molar-refractivity contribution in [3.8, 4) is 0 Å². The third-order valence-corrected chi connectivity index (χ3v) is 4.01. The number of hydrogen-bond donors (Lipinski definition) is 2. The highest BCUT2D eigenvalue weighted by atomic mass is 16.6. The third kappa shape index (κ3) is 10.6. The van der Waals surface area contributed by atoms with E-state index in [1.54, 1.807) is 26.8 Å². The maximum Gasteiger partial charge on any atom is 0.408 e. The molecule has 0 heterocycles. The zero-order chi connectivity index (χ0) is 22.7. The molecule has 0 saturated heterocycles. The van der Waals surface area contributed by atoms with Crippen molar-refractivity contribution in [2.75, 3.05) is 7.11 Å². The molecule has 0 aromatic heterocycles. The number of methoxy groups -OCH3 is 1. The zero-order valence-electron chi connectivity index (χ0n) is 18.7. The lowest BCUT2D eigenvalue weighted by molar-refractivity contribution is -0.135. The van der Waals surface area contributed by atoms with Gasteiger partial charge in [0.15, 0.2) is 0 Å². The van der Waals surface area contributed by atoms with E-state index in [0.29, 0.717) is 12.8 Å². The Hall–Kier alpha value is -2.83. The average molecular weight is 419 g/mol. The van der Waals surface area contributed by atoms with E-state index in [0.717, 1.165) is 5.56 Å². The number of carbonyl (C=O) groups excluding carboxylic acids is 3. The number of carbonyl (C=O) groups is 3. The molecule has 2 atom stereocenters. The predicted molar refractivity (Wildman–Crippen MR) is 116 cm³/mol. The Morgan fingerprint density at radius 2 is 1.70 bits per heavy atom. The van der Waals surface area contributed by atoms with Crippen molar-refractivity contribution in [3.63, 3.8) is 0 Å². The van der Waals surface area contributed by atoms with Gasteiger partial charge in [0.05, 0.1) is 7.11 Å². The minimum absolute atomic E-state index is 0.281. The van der Waals surface area contributed by atoms with Crippen molar-refractivity contribution >= 4 is 18.0 Å². The third-order valence-electron chi connectivity index (χ3n) is 4.01. The fraction of sp³-hybridized carbons (Fsp3) is 0.522.